The van der Waals surface area contributed by atoms with E-state index < -0.39 is 0 Å². The van der Waals surface area contributed by atoms with Gasteiger partial charge in [-0.25, -0.2) is 0 Å². The van der Waals surface area contributed by atoms with Gasteiger partial charge in [0.05, 0.1) is 6.20 Å². The van der Waals surface area contributed by atoms with Crippen molar-refractivity contribution in [1.82, 2.24) is 19.5 Å². The Bertz CT molecular complexity index is 551. The molecule has 5 nitrogen and oxygen atoms in total. The molecule has 0 aromatic carbocycles. The first kappa shape index (κ1) is 11.5. The molecule has 5 heteroatoms. The molecule has 1 unspecified atom stereocenters. The first-order valence-electron chi connectivity index (χ1n) is 6.54. The van der Waals surface area contributed by atoms with Crippen LogP contribution in [0.5, 0.6) is 5.75 Å². The highest BCUT2D eigenvalue weighted by atomic mass is 16.3. The number of rotatable bonds is 3. The van der Waals surface area contributed by atoms with Gasteiger partial charge in [-0.2, -0.15) is 0 Å². The lowest BCUT2D eigenvalue weighted by molar-refractivity contribution is 0.263. The highest BCUT2D eigenvalue weighted by Gasteiger charge is 2.24. The summed E-state index contributed by atoms with van der Waals surface area (Å²) in [5.74, 6) is 1.19. The molecule has 0 amide bonds. The fraction of sp³-hybridized carbons (Fsp3) is 0.538. The summed E-state index contributed by atoms with van der Waals surface area (Å²) in [5, 5.41) is 17.9. The Labute approximate surface area is 106 Å². The van der Waals surface area contributed by atoms with E-state index in [-0.39, 0.29) is 5.75 Å². The van der Waals surface area contributed by atoms with Crippen molar-refractivity contribution in [2.75, 3.05) is 13.1 Å². The first-order valence-corrected chi connectivity index (χ1v) is 6.54. The zero-order valence-corrected chi connectivity index (χ0v) is 10.6. The van der Waals surface area contributed by atoms with Crippen LogP contribution < -0.4 is 0 Å². The quantitative estimate of drug-likeness (QED) is 0.891. The van der Waals surface area contributed by atoms with Crippen LogP contribution in [-0.4, -0.2) is 43.7 Å². The smallest absolute Gasteiger partial charge is 0.161 e. The number of likely N-dealkylation sites (tertiary alicyclic amines) is 1. The van der Waals surface area contributed by atoms with Crippen molar-refractivity contribution < 1.29 is 5.11 Å². The summed E-state index contributed by atoms with van der Waals surface area (Å²) >= 11 is 0. The molecule has 3 heterocycles. The molecule has 0 saturated carbocycles. The van der Waals surface area contributed by atoms with Crippen LogP contribution in [0.2, 0.25) is 0 Å². The van der Waals surface area contributed by atoms with Gasteiger partial charge in [0.1, 0.15) is 11.6 Å². The van der Waals surface area contributed by atoms with E-state index in [0.717, 1.165) is 24.4 Å². The Kier molecular flexibility index (Phi) is 2.91. The van der Waals surface area contributed by atoms with Crippen LogP contribution in [0.25, 0.3) is 5.65 Å². The molecular formula is C13H18N4O. The molecule has 1 atom stereocenters. The third-order valence-corrected chi connectivity index (χ3v) is 3.78. The average Bonchev–Trinajstić information content (AvgIpc) is 2.97. The predicted molar refractivity (Wildman–Crippen MR) is 68.6 cm³/mol. The molecule has 1 saturated heterocycles. The molecule has 0 spiro atoms. The van der Waals surface area contributed by atoms with Crippen molar-refractivity contribution in [3.05, 3.63) is 24.2 Å². The molecule has 1 fully saturated rings. The summed E-state index contributed by atoms with van der Waals surface area (Å²) in [4.78, 5) is 2.49. The van der Waals surface area contributed by atoms with E-state index >= 15 is 0 Å². The van der Waals surface area contributed by atoms with Crippen molar-refractivity contribution in [3.63, 3.8) is 0 Å². The molecule has 2 aromatic rings. The zero-order chi connectivity index (χ0) is 12.5. The lowest BCUT2D eigenvalue weighted by Gasteiger charge is -2.21. The minimum atomic E-state index is 0.252. The predicted octanol–water partition coefficient (Wildman–Crippen LogP) is 1.46. The van der Waals surface area contributed by atoms with E-state index in [2.05, 4.69) is 22.0 Å². The SMILES string of the molecule is CCN1CCCC1Cc1nnc2ccc(O)cn12. The largest absolute Gasteiger partial charge is 0.506 e. The number of hydrogen-bond acceptors (Lipinski definition) is 4. The van der Waals surface area contributed by atoms with E-state index in [4.69, 9.17) is 0 Å². The van der Waals surface area contributed by atoms with Gasteiger partial charge in [-0.1, -0.05) is 6.92 Å². The van der Waals surface area contributed by atoms with Gasteiger partial charge < -0.3 is 10.0 Å². The third-order valence-electron chi connectivity index (χ3n) is 3.78. The number of pyridine rings is 1. The Balaban J connectivity index is 1.88. The number of aromatic hydroxyl groups is 1. The van der Waals surface area contributed by atoms with Gasteiger partial charge in [0.15, 0.2) is 5.65 Å². The highest BCUT2D eigenvalue weighted by molar-refractivity contribution is 5.41. The second kappa shape index (κ2) is 4.57. The van der Waals surface area contributed by atoms with E-state index in [9.17, 15) is 5.11 Å². The van der Waals surface area contributed by atoms with Crippen molar-refractivity contribution in [3.8, 4) is 5.75 Å². The average molecular weight is 246 g/mol. The van der Waals surface area contributed by atoms with Crippen LogP contribution in [0.3, 0.4) is 0 Å². The van der Waals surface area contributed by atoms with Gasteiger partial charge in [-0.05, 0) is 38.1 Å². The normalized spacial score (nSPS) is 20.8. The van der Waals surface area contributed by atoms with Gasteiger partial charge in [0.25, 0.3) is 0 Å². The minimum absolute atomic E-state index is 0.252. The van der Waals surface area contributed by atoms with Crippen LogP contribution in [0, 0.1) is 0 Å². The summed E-state index contributed by atoms with van der Waals surface area (Å²) in [6.07, 6.45) is 5.08. The first-order chi connectivity index (χ1) is 8.78. The summed E-state index contributed by atoms with van der Waals surface area (Å²) in [5.41, 5.74) is 0.795. The standard InChI is InChI=1S/C13H18N4O/c1-2-16-7-3-4-10(16)8-13-15-14-12-6-5-11(18)9-17(12)13/h5-6,9-10,18H,2-4,7-8H2,1H3. The van der Waals surface area contributed by atoms with E-state index in [1.54, 1.807) is 18.3 Å². The van der Waals surface area contributed by atoms with Crippen molar-refractivity contribution in [2.24, 2.45) is 0 Å². The molecule has 18 heavy (non-hydrogen) atoms. The molecular weight excluding hydrogens is 228 g/mol. The molecule has 1 aliphatic heterocycles. The number of aromatic nitrogens is 3. The van der Waals surface area contributed by atoms with Crippen LogP contribution >= 0.6 is 0 Å². The van der Waals surface area contributed by atoms with E-state index in [1.165, 1.54) is 19.4 Å². The summed E-state index contributed by atoms with van der Waals surface area (Å²) in [7, 11) is 0. The minimum Gasteiger partial charge on any atom is -0.506 e. The van der Waals surface area contributed by atoms with Gasteiger partial charge in [-0.3, -0.25) is 4.40 Å². The second-order valence-electron chi connectivity index (χ2n) is 4.86. The van der Waals surface area contributed by atoms with Crippen LogP contribution in [0.4, 0.5) is 0 Å². The summed E-state index contributed by atoms with van der Waals surface area (Å²) < 4.78 is 1.89. The van der Waals surface area contributed by atoms with Crippen molar-refractivity contribution >= 4 is 5.65 Å². The van der Waals surface area contributed by atoms with E-state index in [0.29, 0.717) is 6.04 Å². The molecule has 0 aliphatic carbocycles. The Hall–Kier alpha value is -1.62. The van der Waals surface area contributed by atoms with Gasteiger partial charge >= 0.3 is 0 Å². The lowest BCUT2D eigenvalue weighted by Crippen LogP contribution is -2.31. The maximum Gasteiger partial charge on any atom is 0.161 e. The fourth-order valence-electron chi connectivity index (χ4n) is 2.82. The van der Waals surface area contributed by atoms with Crippen molar-refractivity contribution in [2.45, 2.75) is 32.2 Å². The van der Waals surface area contributed by atoms with Crippen LogP contribution in [0.1, 0.15) is 25.6 Å². The summed E-state index contributed by atoms with van der Waals surface area (Å²) in [6.45, 7) is 4.47. The molecule has 96 valence electrons. The molecule has 1 N–H and O–H groups in total. The molecule has 0 radical (unpaired) electrons. The molecule has 3 rings (SSSR count). The monoisotopic (exact) mass is 246 g/mol. The van der Waals surface area contributed by atoms with Gasteiger partial charge in [-0.15, -0.1) is 10.2 Å². The van der Waals surface area contributed by atoms with E-state index in [1.807, 2.05) is 4.40 Å². The molecule has 2 aromatic heterocycles. The maximum atomic E-state index is 9.55. The fourth-order valence-corrected chi connectivity index (χ4v) is 2.82. The summed E-state index contributed by atoms with van der Waals surface area (Å²) in [6, 6.07) is 3.99. The molecule has 1 aliphatic rings. The number of likely N-dealkylation sites (N-methyl/N-ethyl adjacent to an activating group) is 1. The topological polar surface area (TPSA) is 53.7 Å². The molecule has 0 bridgehead atoms. The van der Waals surface area contributed by atoms with Crippen LogP contribution in [-0.2, 0) is 6.42 Å². The second-order valence-corrected chi connectivity index (χ2v) is 4.86. The Morgan fingerprint density at radius 3 is 3.11 bits per heavy atom. The lowest BCUT2D eigenvalue weighted by atomic mass is 10.1. The van der Waals surface area contributed by atoms with Gasteiger partial charge in [0, 0.05) is 12.5 Å². The highest BCUT2D eigenvalue weighted by Crippen LogP contribution is 2.21. The zero-order valence-electron chi connectivity index (χ0n) is 10.6. The number of fused-ring (bicyclic) bond motifs is 1. The number of hydrogen-bond donors (Lipinski definition) is 1. The number of nitrogens with zero attached hydrogens (tertiary/aromatic N) is 4. The van der Waals surface area contributed by atoms with Gasteiger partial charge in [0.2, 0.25) is 0 Å². The maximum absolute atomic E-state index is 9.55. The Morgan fingerprint density at radius 1 is 1.39 bits per heavy atom. The van der Waals surface area contributed by atoms with Crippen molar-refractivity contribution in [1.29, 1.82) is 0 Å². The third kappa shape index (κ3) is 1.95. The van der Waals surface area contributed by atoms with Crippen LogP contribution in [0.15, 0.2) is 18.3 Å². The Morgan fingerprint density at radius 2 is 2.28 bits per heavy atom.